The summed E-state index contributed by atoms with van der Waals surface area (Å²) in [6.07, 6.45) is 2.64. The Bertz CT molecular complexity index is 314. The first-order valence-electron chi connectivity index (χ1n) is 6.09. The van der Waals surface area contributed by atoms with Gasteiger partial charge in [0.25, 0.3) is 0 Å². The van der Waals surface area contributed by atoms with Crippen LogP contribution in [0.3, 0.4) is 0 Å². The summed E-state index contributed by atoms with van der Waals surface area (Å²) in [7, 11) is 1.79. The van der Waals surface area contributed by atoms with Gasteiger partial charge in [0, 0.05) is 31.9 Å². The van der Waals surface area contributed by atoms with E-state index in [9.17, 15) is 4.79 Å². The molecule has 0 bridgehead atoms. The molecule has 0 unspecified atom stereocenters. The van der Waals surface area contributed by atoms with Crippen molar-refractivity contribution in [2.24, 2.45) is 11.8 Å². The Morgan fingerprint density at radius 2 is 2.19 bits per heavy atom. The molecule has 16 heavy (non-hydrogen) atoms. The fourth-order valence-corrected chi connectivity index (χ4v) is 4.47. The van der Waals surface area contributed by atoms with Gasteiger partial charge in [-0.2, -0.15) is 0 Å². The molecule has 0 aromatic rings. The van der Waals surface area contributed by atoms with Crippen LogP contribution in [0, 0.1) is 11.8 Å². The summed E-state index contributed by atoms with van der Waals surface area (Å²) in [6, 6.07) is 0. The van der Waals surface area contributed by atoms with Crippen LogP contribution in [0.15, 0.2) is 0 Å². The predicted molar refractivity (Wildman–Crippen MR) is 64.5 cm³/mol. The van der Waals surface area contributed by atoms with E-state index in [0.717, 1.165) is 31.7 Å². The summed E-state index contributed by atoms with van der Waals surface area (Å²) in [5.74, 6) is 2.48. The number of thioether (sulfide) groups is 1. The fraction of sp³-hybridized carbons (Fsp3) is 0.917. The van der Waals surface area contributed by atoms with Crippen LogP contribution in [-0.2, 0) is 9.53 Å². The summed E-state index contributed by atoms with van der Waals surface area (Å²) in [5, 5.41) is 0. The molecule has 3 nitrogen and oxygen atoms in total. The lowest BCUT2D eigenvalue weighted by molar-refractivity contribution is -0.138. The van der Waals surface area contributed by atoms with Crippen molar-refractivity contribution in [1.29, 1.82) is 0 Å². The first kappa shape index (κ1) is 10.9. The second kappa shape index (κ2) is 3.64. The van der Waals surface area contributed by atoms with Gasteiger partial charge in [-0.15, -0.1) is 11.8 Å². The minimum Gasteiger partial charge on any atom is -0.381 e. The van der Waals surface area contributed by atoms with Crippen molar-refractivity contribution in [2.75, 3.05) is 26.0 Å². The number of carbonyl (C=O) groups excluding carboxylic acids is 1. The van der Waals surface area contributed by atoms with Gasteiger partial charge in [-0.05, 0) is 18.8 Å². The van der Waals surface area contributed by atoms with Crippen molar-refractivity contribution in [3.05, 3.63) is 0 Å². The van der Waals surface area contributed by atoms with E-state index in [1.165, 1.54) is 0 Å². The molecule has 1 amide bonds. The standard InChI is InChI=1S/C12H19NO2S/c1-8-3-10(8)11(14)13-6-12(7-13)4-9(15-2)5-16-12/h8-10H,3-7H2,1-2H3/t8-,9+,10+/m1/s1. The minimum atomic E-state index is 0.342. The third-order valence-corrected chi connectivity index (χ3v) is 5.78. The average molecular weight is 241 g/mol. The normalized spacial score (nSPS) is 39.9. The Morgan fingerprint density at radius 3 is 2.69 bits per heavy atom. The SMILES string of the molecule is CO[C@@H]1CSC2(C1)CN(C(=O)[C@H]1C[C@H]1C)C2. The largest absolute Gasteiger partial charge is 0.381 e. The Hall–Kier alpha value is -0.220. The maximum atomic E-state index is 12.0. The molecule has 0 aromatic heterocycles. The van der Waals surface area contributed by atoms with Crippen LogP contribution in [0.2, 0.25) is 0 Å². The predicted octanol–water partition coefficient (Wildman–Crippen LogP) is 1.38. The van der Waals surface area contributed by atoms with E-state index >= 15 is 0 Å². The lowest BCUT2D eigenvalue weighted by Crippen LogP contribution is -2.61. The van der Waals surface area contributed by atoms with Crippen LogP contribution in [0.4, 0.5) is 0 Å². The maximum Gasteiger partial charge on any atom is 0.226 e. The first-order valence-corrected chi connectivity index (χ1v) is 7.08. The molecule has 90 valence electrons. The average Bonchev–Trinajstić information content (AvgIpc) is 2.80. The van der Waals surface area contributed by atoms with Crippen molar-refractivity contribution in [3.63, 3.8) is 0 Å². The van der Waals surface area contributed by atoms with Crippen LogP contribution in [0.5, 0.6) is 0 Å². The lowest BCUT2D eigenvalue weighted by atomic mass is 9.92. The monoisotopic (exact) mass is 241 g/mol. The summed E-state index contributed by atoms with van der Waals surface area (Å²) in [6.45, 7) is 4.09. The molecular formula is C12H19NO2S. The van der Waals surface area contributed by atoms with Gasteiger partial charge < -0.3 is 9.64 Å². The third kappa shape index (κ3) is 1.66. The van der Waals surface area contributed by atoms with Crippen LogP contribution < -0.4 is 0 Å². The number of ether oxygens (including phenoxy) is 1. The number of rotatable bonds is 2. The molecular weight excluding hydrogens is 222 g/mol. The molecule has 3 fully saturated rings. The smallest absolute Gasteiger partial charge is 0.226 e. The zero-order valence-electron chi connectivity index (χ0n) is 9.94. The van der Waals surface area contributed by atoms with Crippen LogP contribution in [-0.4, -0.2) is 47.6 Å². The Balaban J connectivity index is 1.53. The van der Waals surface area contributed by atoms with E-state index in [0.29, 0.717) is 28.6 Å². The highest BCUT2D eigenvalue weighted by Crippen LogP contribution is 2.48. The van der Waals surface area contributed by atoms with Gasteiger partial charge in [-0.1, -0.05) is 6.92 Å². The molecule has 1 saturated carbocycles. The van der Waals surface area contributed by atoms with Crippen molar-refractivity contribution in [1.82, 2.24) is 4.90 Å². The van der Waals surface area contributed by atoms with Gasteiger partial charge in [-0.3, -0.25) is 4.79 Å². The fourth-order valence-electron chi connectivity index (χ4n) is 2.88. The number of carbonyl (C=O) groups is 1. The zero-order chi connectivity index (χ0) is 11.3. The minimum absolute atomic E-state index is 0.342. The van der Waals surface area contributed by atoms with E-state index in [2.05, 4.69) is 11.8 Å². The summed E-state index contributed by atoms with van der Waals surface area (Å²) >= 11 is 2.00. The molecule has 0 N–H and O–H groups in total. The number of hydrogen-bond acceptors (Lipinski definition) is 3. The first-order chi connectivity index (χ1) is 7.63. The van der Waals surface area contributed by atoms with Crippen LogP contribution >= 0.6 is 11.8 Å². The Morgan fingerprint density at radius 1 is 1.50 bits per heavy atom. The number of nitrogens with zero attached hydrogens (tertiary/aromatic N) is 1. The van der Waals surface area contributed by atoms with Gasteiger partial charge in [0.15, 0.2) is 0 Å². The van der Waals surface area contributed by atoms with Gasteiger partial charge in [0.05, 0.1) is 10.9 Å². The second-order valence-electron chi connectivity index (χ2n) is 5.57. The molecule has 3 atom stereocenters. The van der Waals surface area contributed by atoms with Crippen molar-refractivity contribution in [3.8, 4) is 0 Å². The molecule has 1 spiro atoms. The van der Waals surface area contributed by atoms with Gasteiger partial charge >= 0.3 is 0 Å². The highest BCUT2D eigenvalue weighted by Gasteiger charge is 2.53. The Labute approximate surface area is 101 Å². The van der Waals surface area contributed by atoms with E-state index < -0.39 is 0 Å². The van der Waals surface area contributed by atoms with E-state index in [4.69, 9.17) is 4.74 Å². The second-order valence-corrected chi connectivity index (χ2v) is 7.06. The van der Waals surface area contributed by atoms with E-state index in [1.54, 1.807) is 7.11 Å². The molecule has 3 rings (SSSR count). The van der Waals surface area contributed by atoms with E-state index in [-0.39, 0.29) is 0 Å². The number of likely N-dealkylation sites (tertiary alicyclic amines) is 1. The van der Waals surface area contributed by atoms with Crippen LogP contribution in [0.25, 0.3) is 0 Å². The van der Waals surface area contributed by atoms with Crippen molar-refractivity contribution < 1.29 is 9.53 Å². The molecule has 1 aliphatic carbocycles. The summed E-state index contributed by atoms with van der Waals surface area (Å²) in [5.41, 5.74) is 0. The topological polar surface area (TPSA) is 29.5 Å². The molecule has 0 aromatic carbocycles. The van der Waals surface area contributed by atoms with Crippen molar-refractivity contribution >= 4 is 17.7 Å². The van der Waals surface area contributed by atoms with Crippen LogP contribution in [0.1, 0.15) is 19.8 Å². The zero-order valence-corrected chi connectivity index (χ0v) is 10.8. The summed E-state index contributed by atoms with van der Waals surface area (Å²) < 4.78 is 5.73. The summed E-state index contributed by atoms with van der Waals surface area (Å²) in [4.78, 5) is 14.0. The third-order valence-electron chi connectivity index (χ3n) is 4.20. The lowest BCUT2D eigenvalue weighted by Gasteiger charge is -2.47. The highest BCUT2D eigenvalue weighted by molar-refractivity contribution is 8.01. The molecule has 0 radical (unpaired) electrons. The molecule has 2 heterocycles. The Kier molecular flexibility index (Phi) is 2.48. The quantitative estimate of drug-likeness (QED) is 0.731. The maximum absolute atomic E-state index is 12.0. The molecule has 2 aliphatic heterocycles. The molecule has 4 heteroatoms. The van der Waals surface area contributed by atoms with E-state index in [1.807, 2.05) is 11.8 Å². The van der Waals surface area contributed by atoms with Gasteiger partial charge in [-0.25, -0.2) is 0 Å². The molecule has 2 saturated heterocycles. The van der Waals surface area contributed by atoms with Gasteiger partial charge in [0.2, 0.25) is 5.91 Å². The number of amides is 1. The highest BCUT2D eigenvalue weighted by atomic mass is 32.2. The van der Waals surface area contributed by atoms with Crippen molar-refractivity contribution in [2.45, 2.75) is 30.6 Å². The number of methoxy groups -OCH3 is 1. The molecule has 3 aliphatic rings. The number of hydrogen-bond donors (Lipinski definition) is 0. The van der Waals surface area contributed by atoms with Gasteiger partial charge in [0.1, 0.15) is 0 Å².